The van der Waals surface area contributed by atoms with Gasteiger partial charge in [0, 0.05) is 19.1 Å². The molecule has 1 rings (SSSR count). The monoisotopic (exact) mass is 142 g/mol. The number of hydrogen-bond donors (Lipinski definition) is 1. The molecule has 10 heavy (non-hydrogen) atoms. The van der Waals surface area contributed by atoms with Gasteiger partial charge in [0.05, 0.1) is 0 Å². The predicted octanol–water partition coefficient (Wildman–Crippen LogP) is 0.820. The van der Waals surface area contributed by atoms with E-state index in [9.17, 15) is 0 Å². The molecular formula is C8H18N2. The summed E-state index contributed by atoms with van der Waals surface area (Å²) in [6.07, 6.45) is 4.07. The molecule has 2 nitrogen and oxygen atoms in total. The van der Waals surface area contributed by atoms with Gasteiger partial charge in [0.25, 0.3) is 0 Å². The van der Waals surface area contributed by atoms with Crippen LogP contribution in [0.1, 0.15) is 26.2 Å². The molecule has 0 aliphatic carbocycles. The Morgan fingerprint density at radius 1 is 1.60 bits per heavy atom. The van der Waals surface area contributed by atoms with Crippen molar-refractivity contribution in [3.8, 4) is 0 Å². The van der Waals surface area contributed by atoms with Gasteiger partial charge < -0.3 is 5.73 Å². The fraction of sp³-hybridized carbons (Fsp3) is 1.00. The summed E-state index contributed by atoms with van der Waals surface area (Å²) in [5.41, 5.74) is 5.46. The highest BCUT2D eigenvalue weighted by molar-refractivity contribution is 4.81. The van der Waals surface area contributed by atoms with E-state index in [4.69, 9.17) is 5.73 Å². The first-order valence-corrected chi connectivity index (χ1v) is 4.32. The van der Waals surface area contributed by atoms with E-state index in [1.807, 2.05) is 0 Å². The Balaban J connectivity index is 2.09. The summed E-state index contributed by atoms with van der Waals surface area (Å²) in [6, 6.07) is 0.869. The molecule has 0 spiro atoms. The predicted molar refractivity (Wildman–Crippen MR) is 43.9 cm³/mol. The van der Waals surface area contributed by atoms with Crippen LogP contribution in [0.15, 0.2) is 0 Å². The molecule has 1 unspecified atom stereocenters. The SMILES string of the molecule is CCCC1CCN1CCN. The lowest BCUT2D eigenvalue weighted by Gasteiger charge is -2.40. The van der Waals surface area contributed by atoms with E-state index < -0.39 is 0 Å². The van der Waals surface area contributed by atoms with Crippen molar-refractivity contribution in [1.82, 2.24) is 4.90 Å². The third-order valence-corrected chi connectivity index (χ3v) is 2.30. The molecule has 0 aromatic carbocycles. The second-order valence-electron chi connectivity index (χ2n) is 3.06. The minimum absolute atomic E-state index is 0.820. The molecule has 1 atom stereocenters. The number of likely N-dealkylation sites (tertiary alicyclic amines) is 1. The van der Waals surface area contributed by atoms with Gasteiger partial charge >= 0.3 is 0 Å². The zero-order valence-electron chi connectivity index (χ0n) is 6.84. The smallest absolute Gasteiger partial charge is 0.0108 e. The molecule has 1 fully saturated rings. The summed E-state index contributed by atoms with van der Waals surface area (Å²) in [4.78, 5) is 2.49. The maximum absolute atomic E-state index is 5.46. The van der Waals surface area contributed by atoms with Crippen LogP contribution in [0.5, 0.6) is 0 Å². The third-order valence-electron chi connectivity index (χ3n) is 2.30. The van der Waals surface area contributed by atoms with Crippen molar-refractivity contribution < 1.29 is 0 Å². The molecule has 0 amide bonds. The van der Waals surface area contributed by atoms with Gasteiger partial charge in [-0.1, -0.05) is 13.3 Å². The highest BCUT2D eigenvalue weighted by atomic mass is 15.2. The first-order valence-electron chi connectivity index (χ1n) is 4.32. The van der Waals surface area contributed by atoms with E-state index in [1.165, 1.54) is 25.8 Å². The molecule has 1 aliphatic heterocycles. The molecule has 0 aromatic heterocycles. The topological polar surface area (TPSA) is 29.3 Å². The van der Waals surface area contributed by atoms with Crippen LogP contribution in [0.2, 0.25) is 0 Å². The van der Waals surface area contributed by atoms with Crippen molar-refractivity contribution in [2.45, 2.75) is 32.2 Å². The molecule has 0 aromatic rings. The molecule has 2 N–H and O–H groups in total. The number of hydrogen-bond acceptors (Lipinski definition) is 2. The Bertz CT molecular complexity index is 81.3. The largest absolute Gasteiger partial charge is 0.329 e. The number of rotatable bonds is 4. The van der Waals surface area contributed by atoms with Crippen LogP contribution in [0.4, 0.5) is 0 Å². The van der Waals surface area contributed by atoms with Crippen LogP contribution in [0.3, 0.4) is 0 Å². The second kappa shape index (κ2) is 3.94. The zero-order valence-corrected chi connectivity index (χ0v) is 6.84. The highest BCUT2D eigenvalue weighted by Crippen LogP contribution is 2.20. The zero-order chi connectivity index (χ0) is 7.40. The normalized spacial score (nSPS) is 26.4. The van der Waals surface area contributed by atoms with Crippen molar-refractivity contribution in [2.24, 2.45) is 5.73 Å². The van der Waals surface area contributed by atoms with Gasteiger partial charge in [0.2, 0.25) is 0 Å². The Morgan fingerprint density at radius 2 is 2.40 bits per heavy atom. The Labute approximate surface area is 63.4 Å². The molecule has 2 heteroatoms. The lowest BCUT2D eigenvalue weighted by Crippen LogP contribution is -2.49. The van der Waals surface area contributed by atoms with Crippen LogP contribution >= 0.6 is 0 Å². The van der Waals surface area contributed by atoms with Gasteiger partial charge in [0.15, 0.2) is 0 Å². The van der Waals surface area contributed by atoms with Gasteiger partial charge in [-0.3, -0.25) is 4.90 Å². The summed E-state index contributed by atoms with van der Waals surface area (Å²) in [6.45, 7) is 5.45. The Kier molecular flexibility index (Phi) is 3.16. The number of nitrogens with two attached hydrogens (primary N) is 1. The van der Waals surface area contributed by atoms with Crippen molar-refractivity contribution in [1.29, 1.82) is 0 Å². The summed E-state index contributed by atoms with van der Waals surface area (Å²) >= 11 is 0. The van der Waals surface area contributed by atoms with Crippen LogP contribution in [-0.4, -0.2) is 30.6 Å². The van der Waals surface area contributed by atoms with E-state index >= 15 is 0 Å². The standard InChI is InChI=1S/C8H18N2/c1-2-3-8-4-6-10(8)7-5-9/h8H,2-7,9H2,1H3. The average Bonchev–Trinajstić information content (AvgIpc) is 1.93. The highest BCUT2D eigenvalue weighted by Gasteiger charge is 2.25. The van der Waals surface area contributed by atoms with Gasteiger partial charge in [0.1, 0.15) is 0 Å². The molecular weight excluding hydrogens is 124 g/mol. The Hall–Kier alpha value is -0.0800. The Morgan fingerprint density at radius 3 is 2.80 bits per heavy atom. The number of nitrogens with zero attached hydrogens (tertiary/aromatic N) is 1. The van der Waals surface area contributed by atoms with E-state index in [1.54, 1.807) is 0 Å². The molecule has 0 saturated carbocycles. The van der Waals surface area contributed by atoms with Crippen molar-refractivity contribution >= 4 is 0 Å². The minimum atomic E-state index is 0.820. The summed E-state index contributed by atoms with van der Waals surface area (Å²) in [5, 5.41) is 0. The summed E-state index contributed by atoms with van der Waals surface area (Å²) in [5.74, 6) is 0. The van der Waals surface area contributed by atoms with Gasteiger partial charge in [-0.15, -0.1) is 0 Å². The molecule has 0 radical (unpaired) electrons. The second-order valence-corrected chi connectivity index (χ2v) is 3.06. The van der Waals surface area contributed by atoms with Crippen LogP contribution < -0.4 is 5.73 Å². The molecule has 1 aliphatic rings. The fourth-order valence-corrected chi connectivity index (χ4v) is 1.61. The van der Waals surface area contributed by atoms with E-state index in [0.29, 0.717) is 0 Å². The summed E-state index contributed by atoms with van der Waals surface area (Å²) < 4.78 is 0. The first kappa shape index (κ1) is 8.02. The van der Waals surface area contributed by atoms with E-state index in [0.717, 1.165) is 19.1 Å². The van der Waals surface area contributed by atoms with Gasteiger partial charge in [-0.2, -0.15) is 0 Å². The lowest BCUT2D eigenvalue weighted by atomic mass is 9.98. The molecule has 60 valence electrons. The van der Waals surface area contributed by atoms with E-state index in [2.05, 4.69) is 11.8 Å². The average molecular weight is 142 g/mol. The first-order chi connectivity index (χ1) is 4.88. The maximum atomic E-state index is 5.46. The quantitative estimate of drug-likeness (QED) is 0.629. The van der Waals surface area contributed by atoms with Crippen molar-refractivity contribution in [3.05, 3.63) is 0 Å². The lowest BCUT2D eigenvalue weighted by molar-refractivity contribution is 0.0873. The van der Waals surface area contributed by atoms with Gasteiger partial charge in [-0.25, -0.2) is 0 Å². The van der Waals surface area contributed by atoms with E-state index in [-0.39, 0.29) is 0 Å². The van der Waals surface area contributed by atoms with Crippen LogP contribution in [0.25, 0.3) is 0 Å². The molecule has 1 saturated heterocycles. The minimum Gasteiger partial charge on any atom is -0.329 e. The fourth-order valence-electron chi connectivity index (χ4n) is 1.61. The van der Waals surface area contributed by atoms with Crippen molar-refractivity contribution in [2.75, 3.05) is 19.6 Å². The van der Waals surface area contributed by atoms with Gasteiger partial charge in [-0.05, 0) is 19.4 Å². The third kappa shape index (κ3) is 1.70. The molecule has 0 bridgehead atoms. The van der Waals surface area contributed by atoms with Crippen molar-refractivity contribution in [3.63, 3.8) is 0 Å². The van der Waals surface area contributed by atoms with Crippen LogP contribution in [0, 0.1) is 0 Å². The summed E-state index contributed by atoms with van der Waals surface area (Å²) in [7, 11) is 0. The van der Waals surface area contributed by atoms with Crippen LogP contribution in [-0.2, 0) is 0 Å². The maximum Gasteiger partial charge on any atom is 0.0108 e. The molecule has 1 heterocycles.